The van der Waals surface area contributed by atoms with E-state index in [1.54, 1.807) is 6.92 Å². The zero-order valence-corrected chi connectivity index (χ0v) is 6.81. The third-order valence-electron chi connectivity index (χ3n) is 1.66. The normalized spacial score (nSPS) is 11.0. The second-order valence-electron chi connectivity index (χ2n) is 2.61. The number of halogens is 3. The molecule has 1 rings (SSSR count). The average molecular weight is 185 g/mol. The van der Waals surface area contributed by atoms with Crippen LogP contribution in [0.4, 0.5) is 18.9 Å². The summed E-state index contributed by atoms with van der Waals surface area (Å²) < 4.78 is 36.4. The Kier molecular flexibility index (Phi) is 2.28. The largest absolute Gasteiger partial charge is 0.415 e. The summed E-state index contributed by atoms with van der Waals surface area (Å²) in [6.07, 6.45) is -4.37. The quantitative estimate of drug-likeness (QED) is 0.544. The highest BCUT2D eigenvalue weighted by molar-refractivity contribution is 5.53. The third kappa shape index (κ3) is 2.00. The molecule has 0 N–H and O–H groups in total. The minimum Gasteiger partial charge on any atom is -0.238 e. The molecule has 0 aliphatic heterocycles. The minimum atomic E-state index is -4.37. The fourth-order valence-electron chi connectivity index (χ4n) is 0.906. The maximum atomic E-state index is 12.1. The summed E-state index contributed by atoms with van der Waals surface area (Å²) in [6.45, 7) is 8.25. The smallest absolute Gasteiger partial charge is 0.238 e. The van der Waals surface area contributed by atoms with Gasteiger partial charge >= 0.3 is 6.18 Å². The Morgan fingerprint density at radius 2 is 1.92 bits per heavy atom. The molecule has 0 aliphatic rings. The molecule has 0 bridgehead atoms. The molecule has 0 radical (unpaired) electrons. The Bertz CT molecular complexity index is 360. The van der Waals surface area contributed by atoms with Gasteiger partial charge in [0.2, 0.25) is 0 Å². The Balaban J connectivity index is 3.24. The van der Waals surface area contributed by atoms with Crippen molar-refractivity contribution in [3.63, 3.8) is 0 Å². The van der Waals surface area contributed by atoms with E-state index in [0.717, 1.165) is 12.1 Å². The predicted molar refractivity (Wildman–Crippen MR) is 42.4 cm³/mol. The van der Waals surface area contributed by atoms with E-state index in [1.165, 1.54) is 6.07 Å². The van der Waals surface area contributed by atoms with Gasteiger partial charge in [0.15, 0.2) is 5.69 Å². The molecule has 0 aromatic heterocycles. The van der Waals surface area contributed by atoms with E-state index in [0.29, 0.717) is 5.56 Å². The average Bonchev–Trinajstić information content (AvgIpc) is 2.03. The lowest BCUT2D eigenvalue weighted by Crippen LogP contribution is -2.04. The number of rotatable bonds is 0. The van der Waals surface area contributed by atoms with E-state index in [4.69, 9.17) is 6.57 Å². The van der Waals surface area contributed by atoms with Crippen LogP contribution in [0.1, 0.15) is 11.1 Å². The van der Waals surface area contributed by atoms with E-state index in [2.05, 4.69) is 4.85 Å². The first-order chi connectivity index (χ1) is 5.95. The Morgan fingerprint density at radius 3 is 2.38 bits per heavy atom. The van der Waals surface area contributed by atoms with E-state index in [-0.39, 0.29) is 5.69 Å². The van der Waals surface area contributed by atoms with Crippen LogP contribution in [0.5, 0.6) is 0 Å². The molecule has 1 aromatic rings. The molecular formula is C9H6F3N. The maximum Gasteiger partial charge on any atom is 0.415 e. The van der Waals surface area contributed by atoms with Crippen molar-refractivity contribution < 1.29 is 13.2 Å². The van der Waals surface area contributed by atoms with Crippen LogP contribution >= 0.6 is 0 Å². The molecule has 13 heavy (non-hydrogen) atoms. The van der Waals surface area contributed by atoms with Crippen molar-refractivity contribution in [1.29, 1.82) is 0 Å². The summed E-state index contributed by atoms with van der Waals surface area (Å²) in [7, 11) is 0. The molecule has 0 heterocycles. The molecule has 0 unspecified atom stereocenters. The summed E-state index contributed by atoms with van der Waals surface area (Å²) in [5.41, 5.74) is -0.165. The number of benzene rings is 1. The van der Waals surface area contributed by atoms with Gasteiger partial charge in [0.1, 0.15) is 0 Å². The molecular weight excluding hydrogens is 179 g/mol. The number of aryl methyl sites for hydroxylation is 1. The third-order valence-corrected chi connectivity index (χ3v) is 1.66. The van der Waals surface area contributed by atoms with Gasteiger partial charge in [-0.2, -0.15) is 13.2 Å². The molecule has 0 saturated carbocycles. The van der Waals surface area contributed by atoms with Crippen LogP contribution in [0.15, 0.2) is 18.2 Å². The zero-order chi connectivity index (χ0) is 10.1. The monoisotopic (exact) mass is 185 g/mol. The Hall–Kier alpha value is -1.50. The van der Waals surface area contributed by atoms with Crippen molar-refractivity contribution in [2.24, 2.45) is 0 Å². The topological polar surface area (TPSA) is 4.36 Å². The van der Waals surface area contributed by atoms with Crippen molar-refractivity contribution in [2.45, 2.75) is 13.1 Å². The predicted octanol–water partition coefficient (Wildman–Crippen LogP) is 3.56. The maximum absolute atomic E-state index is 12.1. The summed E-state index contributed by atoms with van der Waals surface area (Å²) in [5.74, 6) is 0. The lowest BCUT2D eigenvalue weighted by Gasteiger charge is -2.07. The van der Waals surface area contributed by atoms with E-state index < -0.39 is 11.7 Å². The van der Waals surface area contributed by atoms with Gasteiger partial charge in [-0.1, -0.05) is 12.1 Å². The summed E-state index contributed by atoms with van der Waals surface area (Å²) in [5, 5.41) is 0. The molecule has 1 aromatic carbocycles. The van der Waals surface area contributed by atoms with Gasteiger partial charge in [-0.3, -0.25) is 0 Å². The number of nitrogens with zero attached hydrogens (tertiary/aromatic N) is 1. The van der Waals surface area contributed by atoms with E-state index in [1.807, 2.05) is 0 Å². The highest BCUT2D eigenvalue weighted by Crippen LogP contribution is 2.32. The lowest BCUT2D eigenvalue weighted by atomic mass is 10.1. The van der Waals surface area contributed by atoms with Gasteiger partial charge < -0.3 is 0 Å². The van der Waals surface area contributed by atoms with Crippen molar-refractivity contribution in [3.05, 3.63) is 40.7 Å². The molecule has 0 fully saturated rings. The zero-order valence-electron chi connectivity index (χ0n) is 6.81. The molecule has 0 amide bonds. The lowest BCUT2D eigenvalue weighted by molar-refractivity contribution is -0.137. The summed E-state index contributed by atoms with van der Waals surface area (Å²) in [6, 6.07) is 3.14. The molecule has 0 atom stereocenters. The molecule has 4 heteroatoms. The van der Waals surface area contributed by atoms with Gasteiger partial charge in [-0.05, 0) is 18.6 Å². The standard InChI is InChI=1S/C9H6F3N/c1-6-3-4-7(9(10,11)12)5-8(6)13-2/h3-5H,1H3. The first kappa shape index (κ1) is 9.59. The fourth-order valence-corrected chi connectivity index (χ4v) is 0.906. The fraction of sp³-hybridized carbons (Fsp3) is 0.222. The van der Waals surface area contributed by atoms with Gasteiger partial charge in [0.05, 0.1) is 6.57 Å². The second kappa shape index (κ2) is 3.09. The highest BCUT2D eigenvalue weighted by Gasteiger charge is 2.30. The first-order valence-electron chi connectivity index (χ1n) is 3.50. The van der Waals surface area contributed by atoms with Crippen LogP contribution in [-0.4, -0.2) is 0 Å². The number of hydrogen-bond donors (Lipinski definition) is 0. The van der Waals surface area contributed by atoms with Crippen molar-refractivity contribution >= 4 is 5.69 Å². The van der Waals surface area contributed by atoms with Crippen LogP contribution in [0.3, 0.4) is 0 Å². The SMILES string of the molecule is [C-]#[N+]c1cc(C(F)(F)F)ccc1C. The molecule has 0 saturated heterocycles. The van der Waals surface area contributed by atoms with Crippen LogP contribution in [0, 0.1) is 13.5 Å². The Morgan fingerprint density at radius 1 is 1.31 bits per heavy atom. The van der Waals surface area contributed by atoms with Crippen molar-refractivity contribution in [3.8, 4) is 0 Å². The Labute approximate surface area is 73.6 Å². The second-order valence-corrected chi connectivity index (χ2v) is 2.61. The number of hydrogen-bond acceptors (Lipinski definition) is 0. The van der Waals surface area contributed by atoms with Crippen molar-refractivity contribution in [1.82, 2.24) is 0 Å². The molecule has 1 nitrogen and oxygen atoms in total. The van der Waals surface area contributed by atoms with Crippen molar-refractivity contribution in [2.75, 3.05) is 0 Å². The van der Waals surface area contributed by atoms with Gasteiger partial charge in [0, 0.05) is 5.56 Å². The van der Waals surface area contributed by atoms with Gasteiger partial charge in [0.25, 0.3) is 0 Å². The van der Waals surface area contributed by atoms with Crippen LogP contribution < -0.4 is 0 Å². The summed E-state index contributed by atoms with van der Waals surface area (Å²) in [4.78, 5) is 2.99. The van der Waals surface area contributed by atoms with Gasteiger partial charge in [-0.25, -0.2) is 4.85 Å². The van der Waals surface area contributed by atoms with Gasteiger partial charge in [-0.15, -0.1) is 0 Å². The van der Waals surface area contributed by atoms with Crippen LogP contribution in [-0.2, 0) is 6.18 Å². The minimum absolute atomic E-state index is 0.0508. The highest BCUT2D eigenvalue weighted by atomic mass is 19.4. The molecule has 0 aliphatic carbocycles. The first-order valence-corrected chi connectivity index (χ1v) is 3.50. The van der Waals surface area contributed by atoms with E-state index in [9.17, 15) is 13.2 Å². The summed E-state index contributed by atoms with van der Waals surface area (Å²) >= 11 is 0. The van der Waals surface area contributed by atoms with Crippen LogP contribution in [0.25, 0.3) is 4.85 Å². The number of alkyl halides is 3. The van der Waals surface area contributed by atoms with Crippen LogP contribution in [0.2, 0.25) is 0 Å². The van der Waals surface area contributed by atoms with E-state index >= 15 is 0 Å². The molecule has 68 valence electrons. The molecule has 0 spiro atoms.